The first kappa shape index (κ1) is 18.1. The molecule has 5 rings (SSSR count). The zero-order chi connectivity index (χ0) is 20.0. The van der Waals surface area contributed by atoms with Crippen LogP contribution in [-0.4, -0.2) is 34.2 Å². The summed E-state index contributed by atoms with van der Waals surface area (Å²) < 4.78 is 27.4. The molecule has 2 aromatic heterocycles. The first-order chi connectivity index (χ1) is 14.1. The molecule has 148 valence electrons. The largest absolute Gasteiger partial charge is 0.361 e. The number of benzene rings is 2. The quantitative estimate of drug-likeness (QED) is 0.477. The van der Waals surface area contributed by atoms with Crippen molar-refractivity contribution in [3.63, 3.8) is 0 Å². The van der Waals surface area contributed by atoms with E-state index in [-0.39, 0.29) is 11.6 Å². The van der Waals surface area contributed by atoms with Gasteiger partial charge in [-0.3, -0.25) is 4.90 Å². The summed E-state index contributed by atoms with van der Waals surface area (Å²) in [6.45, 7) is 1.50. The summed E-state index contributed by atoms with van der Waals surface area (Å²) in [5, 5.41) is 1.68. The van der Waals surface area contributed by atoms with Gasteiger partial charge >= 0.3 is 0 Å². The third-order valence-electron chi connectivity index (χ3n) is 6.16. The molecule has 1 atom stereocenters. The second-order valence-electron chi connectivity index (χ2n) is 7.76. The number of piperidine rings is 1. The first-order valence-corrected chi connectivity index (χ1v) is 9.86. The second-order valence-corrected chi connectivity index (χ2v) is 7.76. The molecule has 2 N–H and O–H groups in total. The summed E-state index contributed by atoms with van der Waals surface area (Å²) in [5.74, 6) is -0.230. The molecule has 0 spiro atoms. The van der Waals surface area contributed by atoms with Crippen molar-refractivity contribution in [3.8, 4) is 0 Å². The maximum absolute atomic E-state index is 13.7. The molecule has 3 heterocycles. The highest BCUT2D eigenvalue weighted by atomic mass is 19.1. The summed E-state index contributed by atoms with van der Waals surface area (Å²) in [5.41, 5.74) is 3.71. The summed E-state index contributed by atoms with van der Waals surface area (Å²) >= 11 is 0. The van der Waals surface area contributed by atoms with Gasteiger partial charge in [0.1, 0.15) is 17.9 Å². The average molecular weight is 393 g/mol. The van der Waals surface area contributed by atoms with Crippen LogP contribution in [0.2, 0.25) is 0 Å². The number of aromatic amines is 2. The normalized spacial score (nSPS) is 17.2. The molecule has 4 nitrogen and oxygen atoms in total. The van der Waals surface area contributed by atoms with Crippen LogP contribution in [0.1, 0.15) is 35.9 Å². The SMILES string of the molecule is O=CC(c1c[nH]c2ccc(F)cc12)N1CCC(c2c[nH]c3ccc(F)cc23)CC1. The van der Waals surface area contributed by atoms with Crippen LogP contribution >= 0.6 is 0 Å². The van der Waals surface area contributed by atoms with Gasteiger partial charge in [-0.15, -0.1) is 0 Å². The van der Waals surface area contributed by atoms with E-state index < -0.39 is 6.04 Å². The van der Waals surface area contributed by atoms with E-state index in [2.05, 4.69) is 14.9 Å². The lowest BCUT2D eigenvalue weighted by Crippen LogP contribution is -2.36. The Morgan fingerprint density at radius 3 is 2.24 bits per heavy atom. The number of carbonyl (C=O) groups excluding carboxylic acids is 1. The van der Waals surface area contributed by atoms with Gasteiger partial charge < -0.3 is 14.8 Å². The van der Waals surface area contributed by atoms with Crippen molar-refractivity contribution < 1.29 is 13.6 Å². The number of nitrogens with zero attached hydrogens (tertiary/aromatic N) is 1. The van der Waals surface area contributed by atoms with Crippen molar-refractivity contribution in [2.45, 2.75) is 24.8 Å². The Labute approximate surface area is 166 Å². The summed E-state index contributed by atoms with van der Waals surface area (Å²) in [6.07, 6.45) is 6.48. The van der Waals surface area contributed by atoms with Crippen LogP contribution in [-0.2, 0) is 4.79 Å². The zero-order valence-corrected chi connectivity index (χ0v) is 15.8. The molecule has 0 radical (unpaired) electrons. The van der Waals surface area contributed by atoms with E-state index in [4.69, 9.17) is 0 Å². The van der Waals surface area contributed by atoms with Gasteiger partial charge in [0, 0.05) is 39.8 Å². The summed E-state index contributed by atoms with van der Waals surface area (Å²) in [6, 6.07) is 8.98. The molecule has 2 aromatic carbocycles. The van der Waals surface area contributed by atoms with Crippen molar-refractivity contribution in [2.24, 2.45) is 0 Å². The maximum Gasteiger partial charge on any atom is 0.141 e. The van der Waals surface area contributed by atoms with Crippen LogP contribution in [0.4, 0.5) is 8.78 Å². The minimum absolute atomic E-state index is 0.233. The third-order valence-corrected chi connectivity index (χ3v) is 6.16. The first-order valence-electron chi connectivity index (χ1n) is 9.86. The zero-order valence-electron chi connectivity index (χ0n) is 15.8. The molecule has 1 aliphatic heterocycles. The van der Waals surface area contributed by atoms with Crippen LogP contribution in [0.15, 0.2) is 48.8 Å². The maximum atomic E-state index is 13.7. The van der Waals surface area contributed by atoms with Gasteiger partial charge in [-0.25, -0.2) is 8.78 Å². The number of fused-ring (bicyclic) bond motifs is 2. The smallest absolute Gasteiger partial charge is 0.141 e. The minimum Gasteiger partial charge on any atom is -0.361 e. The van der Waals surface area contributed by atoms with Crippen molar-refractivity contribution in [2.75, 3.05) is 13.1 Å². The molecule has 29 heavy (non-hydrogen) atoms. The van der Waals surface area contributed by atoms with E-state index in [0.29, 0.717) is 5.92 Å². The fourth-order valence-corrected chi connectivity index (χ4v) is 4.66. The van der Waals surface area contributed by atoms with Gasteiger partial charge in [-0.2, -0.15) is 0 Å². The van der Waals surface area contributed by atoms with Crippen molar-refractivity contribution in [1.82, 2.24) is 14.9 Å². The number of rotatable bonds is 4. The van der Waals surface area contributed by atoms with E-state index in [0.717, 1.165) is 65.2 Å². The van der Waals surface area contributed by atoms with Gasteiger partial charge in [0.05, 0.1) is 6.04 Å². The molecule has 1 fully saturated rings. The Balaban J connectivity index is 1.38. The Morgan fingerprint density at radius 1 is 0.931 bits per heavy atom. The monoisotopic (exact) mass is 393 g/mol. The third kappa shape index (κ3) is 3.13. The van der Waals surface area contributed by atoms with Crippen LogP contribution in [0.25, 0.3) is 21.8 Å². The number of likely N-dealkylation sites (tertiary alicyclic amines) is 1. The van der Waals surface area contributed by atoms with E-state index in [1.165, 1.54) is 18.2 Å². The van der Waals surface area contributed by atoms with Gasteiger partial charge in [0.25, 0.3) is 0 Å². The summed E-state index contributed by atoms with van der Waals surface area (Å²) in [7, 11) is 0. The number of H-pyrrole nitrogens is 2. The number of aromatic nitrogens is 2. The Hall–Kier alpha value is -2.99. The molecule has 1 saturated heterocycles. The highest BCUT2D eigenvalue weighted by Crippen LogP contribution is 2.36. The van der Waals surface area contributed by atoms with Crippen LogP contribution in [0.5, 0.6) is 0 Å². The lowest BCUT2D eigenvalue weighted by Gasteiger charge is -2.35. The number of halogens is 2. The number of hydrogen-bond acceptors (Lipinski definition) is 2. The standard InChI is InChI=1S/C23H21F2N3O/c24-15-1-3-21-17(9-15)19(11-26-21)14-5-7-28(8-6-14)23(13-29)20-12-27-22-4-2-16(25)10-18(20)22/h1-4,9-14,23,26-27H,5-8H2. The van der Waals surface area contributed by atoms with Crippen molar-refractivity contribution in [3.05, 3.63) is 71.6 Å². The molecular formula is C23H21F2N3O. The molecule has 4 aromatic rings. The minimum atomic E-state index is -0.410. The molecule has 1 aliphatic rings. The average Bonchev–Trinajstić information content (AvgIpc) is 3.33. The summed E-state index contributed by atoms with van der Waals surface area (Å²) in [4.78, 5) is 20.5. The Kier molecular flexibility index (Phi) is 4.43. The highest BCUT2D eigenvalue weighted by Gasteiger charge is 2.29. The topological polar surface area (TPSA) is 51.9 Å². The number of carbonyl (C=O) groups is 1. The number of hydrogen-bond donors (Lipinski definition) is 2. The van der Waals surface area contributed by atoms with Crippen molar-refractivity contribution in [1.29, 1.82) is 0 Å². The van der Waals surface area contributed by atoms with E-state index in [1.54, 1.807) is 24.4 Å². The van der Waals surface area contributed by atoms with Crippen LogP contribution in [0, 0.1) is 11.6 Å². The molecule has 0 saturated carbocycles. The number of nitrogens with one attached hydrogen (secondary N) is 2. The molecule has 0 bridgehead atoms. The lowest BCUT2D eigenvalue weighted by molar-refractivity contribution is -0.113. The second kappa shape index (κ2) is 7.12. The van der Waals surface area contributed by atoms with Crippen LogP contribution in [0.3, 0.4) is 0 Å². The molecule has 6 heteroatoms. The molecule has 0 amide bonds. The van der Waals surface area contributed by atoms with E-state index >= 15 is 0 Å². The van der Waals surface area contributed by atoms with Crippen LogP contribution < -0.4 is 0 Å². The Bertz CT molecular complexity index is 1190. The predicted octanol–water partition coefficient (Wildman–Crippen LogP) is 5.05. The van der Waals surface area contributed by atoms with Gasteiger partial charge in [-0.1, -0.05) is 0 Å². The molecule has 1 unspecified atom stereocenters. The Morgan fingerprint density at radius 2 is 1.55 bits per heavy atom. The number of aldehydes is 1. The van der Waals surface area contributed by atoms with Crippen molar-refractivity contribution >= 4 is 28.1 Å². The van der Waals surface area contributed by atoms with E-state index in [1.807, 2.05) is 6.20 Å². The highest BCUT2D eigenvalue weighted by molar-refractivity contribution is 5.86. The van der Waals surface area contributed by atoms with Gasteiger partial charge in [0.2, 0.25) is 0 Å². The van der Waals surface area contributed by atoms with E-state index in [9.17, 15) is 13.6 Å². The lowest BCUT2D eigenvalue weighted by atomic mass is 9.88. The fourth-order valence-electron chi connectivity index (χ4n) is 4.66. The van der Waals surface area contributed by atoms with Gasteiger partial charge in [-0.05, 0) is 73.8 Å². The predicted molar refractivity (Wildman–Crippen MR) is 109 cm³/mol. The molecular weight excluding hydrogens is 372 g/mol. The van der Waals surface area contributed by atoms with Gasteiger partial charge in [0.15, 0.2) is 0 Å². The fraction of sp³-hybridized carbons (Fsp3) is 0.261. The molecule has 0 aliphatic carbocycles.